The Morgan fingerprint density at radius 2 is 1.76 bits per heavy atom. The Morgan fingerprint density at radius 1 is 1.14 bits per heavy atom. The van der Waals surface area contributed by atoms with E-state index in [1.165, 1.54) is 0 Å². The van der Waals surface area contributed by atoms with Gasteiger partial charge in [-0.15, -0.1) is 0 Å². The zero-order chi connectivity index (χ0) is 15.6. The lowest BCUT2D eigenvalue weighted by Crippen LogP contribution is -2.24. The Kier molecular flexibility index (Phi) is 4.24. The van der Waals surface area contributed by atoms with E-state index in [-0.39, 0.29) is 12.2 Å². The van der Waals surface area contributed by atoms with Gasteiger partial charge in [0.25, 0.3) is 0 Å². The van der Waals surface area contributed by atoms with Crippen molar-refractivity contribution in [1.82, 2.24) is 4.72 Å². The molecule has 0 aliphatic heterocycles. The molecule has 2 aromatic rings. The summed E-state index contributed by atoms with van der Waals surface area (Å²) < 4.78 is 53.1. The molecule has 0 atom stereocenters. The van der Waals surface area contributed by atoms with Crippen LogP contribution in [-0.4, -0.2) is 8.42 Å². The summed E-state index contributed by atoms with van der Waals surface area (Å²) in [5, 5.41) is 0. The summed E-state index contributed by atoms with van der Waals surface area (Å²) in [7, 11) is -4.19. The number of nitrogen functional groups attached to an aromatic ring is 1. The monoisotopic (exact) mass is 312 g/mol. The quantitative estimate of drug-likeness (QED) is 0.851. The number of aryl methyl sites for hydroxylation is 1. The molecule has 4 nitrogen and oxygen atoms in total. The van der Waals surface area contributed by atoms with Crippen LogP contribution in [0.3, 0.4) is 0 Å². The van der Waals surface area contributed by atoms with E-state index in [1.54, 1.807) is 12.1 Å². The van der Waals surface area contributed by atoms with Crippen LogP contribution in [0, 0.1) is 18.6 Å². The minimum absolute atomic E-state index is 0.0293. The van der Waals surface area contributed by atoms with Crippen LogP contribution in [0.4, 0.5) is 14.5 Å². The summed E-state index contributed by atoms with van der Waals surface area (Å²) >= 11 is 0. The molecule has 0 aliphatic carbocycles. The Labute approximate surface area is 121 Å². The largest absolute Gasteiger partial charge is 0.399 e. The molecule has 2 rings (SSSR count). The minimum Gasteiger partial charge on any atom is -0.399 e. The maximum absolute atomic E-state index is 13.6. The summed E-state index contributed by atoms with van der Waals surface area (Å²) in [6.07, 6.45) is 0. The van der Waals surface area contributed by atoms with E-state index >= 15 is 0 Å². The standard InChI is InChI=1S/C14H14F2N2O2S/c1-9-2-4-10(5-3-9)8-18-21(19,20)13-7-11(17)6-12(15)14(13)16/h2-7,18H,8,17H2,1H3. The van der Waals surface area contributed by atoms with E-state index in [0.29, 0.717) is 5.56 Å². The lowest BCUT2D eigenvalue weighted by atomic mass is 10.2. The van der Waals surface area contributed by atoms with Crippen molar-refractivity contribution in [3.05, 3.63) is 59.2 Å². The molecular weight excluding hydrogens is 298 g/mol. The maximum atomic E-state index is 13.6. The van der Waals surface area contributed by atoms with Crippen LogP contribution in [-0.2, 0) is 16.6 Å². The van der Waals surface area contributed by atoms with Crippen LogP contribution >= 0.6 is 0 Å². The van der Waals surface area contributed by atoms with Crippen LogP contribution in [0.2, 0.25) is 0 Å². The molecule has 0 bridgehead atoms. The van der Waals surface area contributed by atoms with Crippen molar-refractivity contribution < 1.29 is 17.2 Å². The first-order chi connectivity index (χ1) is 9.79. The first-order valence-electron chi connectivity index (χ1n) is 6.09. The number of rotatable bonds is 4. The van der Waals surface area contributed by atoms with Gasteiger partial charge in [-0.1, -0.05) is 29.8 Å². The smallest absolute Gasteiger partial charge is 0.243 e. The SMILES string of the molecule is Cc1ccc(CNS(=O)(=O)c2cc(N)cc(F)c2F)cc1. The molecule has 0 aromatic heterocycles. The Balaban J connectivity index is 2.25. The summed E-state index contributed by atoms with van der Waals surface area (Å²) in [6.45, 7) is 1.87. The molecule has 0 amide bonds. The molecule has 2 aromatic carbocycles. The zero-order valence-corrected chi connectivity index (χ0v) is 12.0. The fourth-order valence-electron chi connectivity index (χ4n) is 1.74. The van der Waals surface area contributed by atoms with E-state index in [1.807, 2.05) is 19.1 Å². The molecule has 7 heteroatoms. The van der Waals surface area contributed by atoms with Crippen molar-refractivity contribution in [2.75, 3.05) is 5.73 Å². The van der Waals surface area contributed by atoms with Gasteiger partial charge in [-0.3, -0.25) is 0 Å². The third-order valence-electron chi connectivity index (χ3n) is 2.89. The molecule has 0 unspecified atom stereocenters. The number of nitrogens with one attached hydrogen (secondary N) is 1. The molecule has 0 heterocycles. The van der Waals surface area contributed by atoms with Crippen LogP contribution in [0.1, 0.15) is 11.1 Å². The number of benzene rings is 2. The predicted octanol–water partition coefficient (Wildman–Crippen LogP) is 2.33. The molecule has 0 spiro atoms. The summed E-state index contributed by atoms with van der Waals surface area (Å²) in [5.74, 6) is -2.74. The van der Waals surface area contributed by atoms with Crippen LogP contribution < -0.4 is 10.5 Å². The summed E-state index contributed by atoms with van der Waals surface area (Å²) in [6, 6.07) is 8.75. The van der Waals surface area contributed by atoms with Crippen LogP contribution in [0.15, 0.2) is 41.3 Å². The minimum atomic E-state index is -4.19. The van der Waals surface area contributed by atoms with Gasteiger partial charge in [0.2, 0.25) is 10.0 Å². The van der Waals surface area contributed by atoms with E-state index < -0.39 is 26.6 Å². The Bertz CT molecular complexity index is 759. The second kappa shape index (κ2) is 5.79. The highest BCUT2D eigenvalue weighted by atomic mass is 32.2. The van der Waals surface area contributed by atoms with Crippen LogP contribution in [0.25, 0.3) is 0 Å². The fraction of sp³-hybridized carbons (Fsp3) is 0.143. The van der Waals surface area contributed by atoms with E-state index in [4.69, 9.17) is 5.73 Å². The first kappa shape index (κ1) is 15.4. The van der Waals surface area contributed by atoms with Gasteiger partial charge in [-0.05, 0) is 24.6 Å². The van der Waals surface area contributed by atoms with Gasteiger partial charge in [-0.25, -0.2) is 21.9 Å². The van der Waals surface area contributed by atoms with Gasteiger partial charge >= 0.3 is 0 Å². The third kappa shape index (κ3) is 3.56. The molecule has 0 saturated carbocycles. The third-order valence-corrected chi connectivity index (χ3v) is 4.29. The van der Waals surface area contributed by atoms with Gasteiger partial charge in [0.15, 0.2) is 11.6 Å². The molecule has 0 saturated heterocycles. The molecule has 0 fully saturated rings. The second-order valence-corrected chi connectivity index (χ2v) is 6.36. The second-order valence-electron chi connectivity index (χ2n) is 4.62. The number of hydrogen-bond acceptors (Lipinski definition) is 3. The predicted molar refractivity (Wildman–Crippen MR) is 76.0 cm³/mol. The first-order valence-corrected chi connectivity index (χ1v) is 7.57. The number of hydrogen-bond donors (Lipinski definition) is 2. The van der Waals surface area contributed by atoms with Crippen molar-refractivity contribution >= 4 is 15.7 Å². The number of sulfonamides is 1. The molecular formula is C14H14F2N2O2S. The fourth-order valence-corrected chi connectivity index (χ4v) is 2.88. The molecule has 0 aliphatic rings. The average Bonchev–Trinajstić information content (AvgIpc) is 2.42. The Hall–Kier alpha value is -1.99. The topological polar surface area (TPSA) is 72.2 Å². The molecule has 0 radical (unpaired) electrons. The summed E-state index contributed by atoms with van der Waals surface area (Å²) in [4.78, 5) is -0.799. The average molecular weight is 312 g/mol. The van der Waals surface area contributed by atoms with E-state index in [9.17, 15) is 17.2 Å². The highest BCUT2D eigenvalue weighted by molar-refractivity contribution is 7.89. The lowest BCUT2D eigenvalue weighted by molar-refractivity contribution is 0.484. The van der Waals surface area contributed by atoms with Crippen LogP contribution in [0.5, 0.6) is 0 Å². The van der Waals surface area contributed by atoms with Crippen molar-refractivity contribution in [3.63, 3.8) is 0 Å². The van der Waals surface area contributed by atoms with Gasteiger partial charge in [0.1, 0.15) is 4.90 Å². The van der Waals surface area contributed by atoms with Crippen molar-refractivity contribution in [3.8, 4) is 0 Å². The Morgan fingerprint density at radius 3 is 2.38 bits per heavy atom. The molecule has 3 N–H and O–H groups in total. The van der Waals surface area contributed by atoms with Crippen molar-refractivity contribution in [2.24, 2.45) is 0 Å². The lowest BCUT2D eigenvalue weighted by Gasteiger charge is -2.09. The number of nitrogens with two attached hydrogens (primary N) is 1. The normalized spacial score (nSPS) is 11.6. The van der Waals surface area contributed by atoms with Gasteiger partial charge in [-0.2, -0.15) is 0 Å². The highest BCUT2D eigenvalue weighted by Gasteiger charge is 2.22. The maximum Gasteiger partial charge on any atom is 0.243 e. The van der Waals surface area contributed by atoms with Gasteiger partial charge < -0.3 is 5.73 Å². The van der Waals surface area contributed by atoms with Gasteiger partial charge in [0.05, 0.1) is 0 Å². The van der Waals surface area contributed by atoms with Crippen molar-refractivity contribution in [1.29, 1.82) is 0 Å². The highest BCUT2D eigenvalue weighted by Crippen LogP contribution is 2.21. The summed E-state index contributed by atoms with van der Waals surface area (Å²) in [5.41, 5.74) is 6.92. The van der Waals surface area contributed by atoms with E-state index in [0.717, 1.165) is 17.7 Å². The zero-order valence-electron chi connectivity index (χ0n) is 11.2. The molecule has 21 heavy (non-hydrogen) atoms. The molecule has 112 valence electrons. The number of anilines is 1. The van der Waals surface area contributed by atoms with E-state index in [2.05, 4.69) is 4.72 Å². The number of halogens is 2. The van der Waals surface area contributed by atoms with Crippen molar-refractivity contribution in [2.45, 2.75) is 18.4 Å². The van der Waals surface area contributed by atoms with Gasteiger partial charge in [0, 0.05) is 12.2 Å².